The maximum atomic E-state index is 13.4. The van der Waals surface area contributed by atoms with Crippen molar-refractivity contribution in [2.24, 2.45) is 0 Å². The van der Waals surface area contributed by atoms with E-state index in [0.717, 1.165) is 6.07 Å². The molecule has 2 aromatic rings. The first-order valence-electron chi connectivity index (χ1n) is 5.77. The second kappa shape index (κ2) is 6.04. The number of carbonyl (C=O) groups is 1. The van der Waals surface area contributed by atoms with Gasteiger partial charge in [-0.05, 0) is 18.2 Å². The van der Waals surface area contributed by atoms with Gasteiger partial charge < -0.3 is 4.74 Å². The standard InChI is InChI=1S/C13H7F5N2O2/c14-8-4-7(10(21)11-19-2-1-3-20-11)5-9(6-8)22-13(17,18)12(15)16/h1-6,12H. The third kappa shape index (κ3) is 3.54. The summed E-state index contributed by atoms with van der Waals surface area (Å²) < 4.78 is 66.9. The van der Waals surface area contributed by atoms with Gasteiger partial charge in [-0.25, -0.2) is 14.4 Å². The van der Waals surface area contributed by atoms with Gasteiger partial charge in [0.2, 0.25) is 11.6 Å². The van der Waals surface area contributed by atoms with Crippen molar-refractivity contribution in [1.29, 1.82) is 0 Å². The molecule has 1 heterocycles. The highest BCUT2D eigenvalue weighted by Crippen LogP contribution is 2.29. The third-order valence-corrected chi connectivity index (χ3v) is 2.41. The van der Waals surface area contributed by atoms with E-state index in [0.29, 0.717) is 12.1 Å². The number of halogens is 5. The molecule has 0 unspecified atom stereocenters. The van der Waals surface area contributed by atoms with Crippen molar-refractivity contribution in [1.82, 2.24) is 9.97 Å². The van der Waals surface area contributed by atoms with Crippen LogP contribution >= 0.6 is 0 Å². The minimum Gasteiger partial charge on any atom is -0.428 e. The lowest BCUT2D eigenvalue weighted by molar-refractivity contribution is -0.253. The Morgan fingerprint density at radius 1 is 1.14 bits per heavy atom. The Labute approximate surface area is 120 Å². The van der Waals surface area contributed by atoms with Crippen molar-refractivity contribution >= 4 is 5.78 Å². The van der Waals surface area contributed by atoms with E-state index in [-0.39, 0.29) is 5.82 Å². The smallest absolute Gasteiger partial charge is 0.428 e. The maximum Gasteiger partial charge on any atom is 0.461 e. The highest BCUT2D eigenvalue weighted by Gasteiger charge is 2.44. The number of rotatable bonds is 5. The fraction of sp³-hybridized carbons (Fsp3) is 0.154. The van der Waals surface area contributed by atoms with Gasteiger partial charge in [0.1, 0.15) is 11.6 Å². The molecule has 0 aliphatic heterocycles. The van der Waals surface area contributed by atoms with Crippen LogP contribution in [0.2, 0.25) is 0 Å². The summed E-state index contributed by atoms with van der Waals surface area (Å²) in [6.07, 6.45) is -6.41. The van der Waals surface area contributed by atoms with E-state index < -0.39 is 35.4 Å². The fourth-order valence-corrected chi connectivity index (χ4v) is 1.50. The largest absolute Gasteiger partial charge is 0.461 e. The molecule has 1 aromatic carbocycles. The van der Waals surface area contributed by atoms with Crippen LogP contribution in [0.1, 0.15) is 16.2 Å². The Hall–Kier alpha value is -2.58. The number of carbonyl (C=O) groups excluding carboxylic acids is 1. The minimum absolute atomic E-state index is 0.306. The zero-order valence-corrected chi connectivity index (χ0v) is 10.6. The molecule has 0 radical (unpaired) electrons. The molecule has 0 saturated carbocycles. The number of ether oxygens (including phenoxy) is 1. The number of ketones is 1. The van der Waals surface area contributed by atoms with E-state index in [1.165, 1.54) is 18.5 Å². The van der Waals surface area contributed by atoms with Crippen molar-refractivity contribution in [3.8, 4) is 5.75 Å². The first kappa shape index (κ1) is 15.8. The quantitative estimate of drug-likeness (QED) is 0.628. The van der Waals surface area contributed by atoms with Crippen molar-refractivity contribution in [2.45, 2.75) is 12.5 Å². The van der Waals surface area contributed by atoms with Crippen LogP contribution < -0.4 is 4.74 Å². The van der Waals surface area contributed by atoms with E-state index in [1.807, 2.05) is 0 Å². The molecule has 0 aliphatic rings. The number of hydrogen-bond donors (Lipinski definition) is 0. The highest BCUT2D eigenvalue weighted by atomic mass is 19.3. The molecule has 4 nitrogen and oxygen atoms in total. The Balaban J connectivity index is 2.33. The Morgan fingerprint density at radius 3 is 2.36 bits per heavy atom. The second-order valence-corrected chi connectivity index (χ2v) is 4.04. The maximum absolute atomic E-state index is 13.4. The molecule has 22 heavy (non-hydrogen) atoms. The van der Waals surface area contributed by atoms with E-state index in [1.54, 1.807) is 0 Å². The molecule has 116 valence electrons. The molecule has 0 bridgehead atoms. The summed E-state index contributed by atoms with van der Waals surface area (Å²) in [7, 11) is 0. The first-order chi connectivity index (χ1) is 10.3. The summed E-state index contributed by atoms with van der Waals surface area (Å²) in [5.74, 6) is -3.20. The topological polar surface area (TPSA) is 52.1 Å². The zero-order valence-electron chi connectivity index (χ0n) is 10.6. The number of nitrogens with zero attached hydrogens (tertiary/aromatic N) is 2. The van der Waals surface area contributed by atoms with E-state index >= 15 is 0 Å². The van der Waals surface area contributed by atoms with Gasteiger partial charge in [-0.1, -0.05) is 0 Å². The second-order valence-electron chi connectivity index (χ2n) is 4.04. The van der Waals surface area contributed by atoms with Gasteiger partial charge in [0.15, 0.2) is 0 Å². The Kier molecular flexibility index (Phi) is 4.34. The van der Waals surface area contributed by atoms with Gasteiger partial charge >= 0.3 is 12.5 Å². The van der Waals surface area contributed by atoms with Crippen LogP contribution in [0.4, 0.5) is 22.0 Å². The van der Waals surface area contributed by atoms with Crippen molar-refractivity contribution in [2.75, 3.05) is 0 Å². The summed E-state index contributed by atoms with van der Waals surface area (Å²) in [6.45, 7) is 0. The lowest BCUT2D eigenvalue weighted by Crippen LogP contribution is -2.33. The molecular formula is C13H7F5N2O2. The third-order valence-electron chi connectivity index (χ3n) is 2.41. The molecular weight excluding hydrogens is 311 g/mol. The number of hydrogen-bond acceptors (Lipinski definition) is 4. The predicted molar refractivity (Wildman–Crippen MR) is 63.4 cm³/mol. The minimum atomic E-state index is -4.81. The lowest BCUT2D eigenvalue weighted by Gasteiger charge is -2.17. The Bertz CT molecular complexity index is 679. The molecule has 0 fully saturated rings. The predicted octanol–water partition coefficient (Wildman–Crippen LogP) is 3.08. The van der Waals surface area contributed by atoms with E-state index in [9.17, 15) is 26.7 Å². The van der Waals surface area contributed by atoms with Crippen molar-refractivity contribution in [3.05, 3.63) is 53.9 Å². The summed E-state index contributed by atoms with van der Waals surface area (Å²) in [5.41, 5.74) is -0.411. The van der Waals surface area contributed by atoms with Gasteiger partial charge in [0.25, 0.3) is 0 Å². The molecule has 1 aromatic heterocycles. The van der Waals surface area contributed by atoms with Gasteiger partial charge in [0, 0.05) is 24.0 Å². The molecule has 0 atom stereocenters. The average Bonchev–Trinajstić information content (AvgIpc) is 2.46. The van der Waals surface area contributed by atoms with Gasteiger partial charge in [-0.3, -0.25) is 4.79 Å². The monoisotopic (exact) mass is 318 g/mol. The zero-order chi connectivity index (χ0) is 16.3. The highest BCUT2D eigenvalue weighted by molar-refractivity contribution is 6.06. The lowest BCUT2D eigenvalue weighted by atomic mass is 10.1. The first-order valence-corrected chi connectivity index (χ1v) is 5.77. The van der Waals surface area contributed by atoms with E-state index in [4.69, 9.17) is 0 Å². The summed E-state index contributed by atoms with van der Waals surface area (Å²) in [5, 5.41) is 0. The SMILES string of the molecule is O=C(c1cc(F)cc(OC(F)(F)C(F)F)c1)c1ncccn1. The molecule has 9 heteroatoms. The van der Waals surface area contributed by atoms with Crippen LogP contribution in [0.15, 0.2) is 36.7 Å². The summed E-state index contributed by atoms with van der Waals surface area (Å²) in [6, 6.07) is 3.32. The average molecular weight is 318 g/mol. The molecule has 0 saturated heterocycles. The molecule has 0 amide bonds. The van der Waals surface area contributed by atoms with Crippen LogP contribution in [0, 0.1) is 5.82 Å². The van der Waals surface area contributed by atoms with Crippen molar-refractivity contribution < 1.29 is 31.5 Å². The molecule has 0 spiro atoms. The number of aromatic nitrogens is 2. The van der Waals surface area contributed by atoms with Gasteiger partial charge in [0.05, 0.1) is 0 Å². The molecule has 0 aliphatic carbocycles. The number of benzene rings is 1. The van der Waals surface area contributed by atoms with Crippen LogP contribution in [-0.4, -0.2) is 28.3 Å². The van der Waals surface area contributed by atoms with Gasteiger partial charge in [-0.15, -0.1) is 0 Å². The molecule has 2 rings (SSSR count). The Morgan fingerprint density at radius 2 is 1.77 bits per heavy atom. The van der Waals surface area contributed by atoms with Crippen molar-refractivity contribution in [3.63, 3.8) is 0 Å². The summed E-state index contributed by atoms with van der Waals surface area (Å²) in [4.78, 5) is 19.2. The number of alkyl halides is 4. The van der Waals surface area contributed by atoms with Gasteiger partial charge in [-0.2, -0.15) is 17.6 Å². The van der Waals surface area contributed by atoms with E-state index in [2.05, 4.69) is 14.7 Å². The van der Waals surface area contributed by atoms with Crippen LogP contribution in [-0.2, 0) is 0 Å². The normalized spacial score (nSPS) is 11.5. The van der Waals surface area contributed by atoms with Crippen LogP contribution in [0.25, 0.3) is 0 Å². The van der Waals surface area contributed by atoms with Crippen LogP contribution in [0.5, 0.6) is 5.75 Å². The fourth-order valence-electron chi connectivity index (χ4n) is 1.50. The molecule has 0 N–H and O–H groups in total. The van der Waals surface area contributed by atoms with Crippen LogP contribution in [0.3, 0.4) is 0 Å². The summed E-state index contributed by atoms with van der Waals surface area (Å²) >= 11 is 0.